The van der Waals surface area contributed by atoms with E-state index in [-0.39, 0.29) is 5.78 Å². The van der Waals surface area contributed by atoms with Crippen molar-refractivity contribution in [2.24, 2.45) is 0 Å². The minimum atomic E-state index is -0.196. The zero-order valence-electron chi connectivity index (χ0n) is 10.1. The van der Waals surface area contributed by atoms with Gasteiger partial charge in [0.2, 0.25) is 5.78 Å². The summed E-state index contributed by atoms with van der Waals surface area (Å²) in [5.74, 6) is 0.297. The predicted octanol–water partition coefficient (Wildman–Crippen LogP) is 3.28. The van der Waals surface area contributed by atoms with Crippen LogP contribution in [0.2, 0.25) is 5.02 Å². The summed E-state index contributed by atoms with van der Waals surface area (Å²) in [6.45, 7) is 1.91. The molecule has 2 rings (SSSR count). The molecule has 4 heteroatoms. The molecule has 0 amide bonds. The molecule has 3 nitrogen and oxygen atoms in total. The van der Waals surface area contributed by atoms with Crippen LogP contribution in [0.15, 0.2) is 36.5 Å². The summed E-state index contributed by atoms with van der Waals surface area (Å²) >= 11 is 5.91. The lowest BCUT2D eigenvalue weighted by Crippen LogP contribution is -2.06. The molecule has 18 heavy (non-hydrogen) atoms. The second-order valence-electron chi connectivity index (χ2n) is 3.89. The SMILES string of the molecule is COc1ccc(Cl)cc1C(=O)c1cc(C)ccn1. The second-order valence-corrected chi connectivity index (χ2v) is 4.33. The van der Waals surface area contributed by atoms with Gasteiger partial charge < -0.3 is 4.74 Å². The Morgan fingerprint density at radius 2 is 2.06 bits per heavy atom. The first-order valence-corrected chi connectivity index (χ1v) is 5.80. The van der Waals surface area contributed by atoms with Crippen molar-refractivity contribution in [3.05, 3.63) is 58.4 Å². The predicted molar refractivity (Wildman–Crippen MR) is 70.4 cm³/mol. The molecule has 0 radical (unpaired) electrons. The average Bonchev–Trinajstić information content (AvgIpc) is 2.38. The molecular formula is C14H12ClNO2. The van der Waals surface area contributed by atoms with E-state index in [1.807, 2.05) is 13.0 Å². The van der Waals surface area contributed by atoms with Crippen LogP contribution in [0.1, 0.15) is 21.6 Å². The van der Waals surface area contributed by atoms with E-state index in [0.717, 1.165) is 5.56 Å². The van der Waals surface area contributed by atoms with Crippen molar-refractivity contribution in [2.45, 2.75) is 6.92 Å². The minimum absolute atomic E-state index is 0.196. The number of benzene rings is 1. The molecule has 0 spiro atoms. The Morgan fingerprint density at radius 1 is 1.28 bits per heavy atom. The van der Waals surface area contributed by atoms with Crippen LogP contribution in [0.3, 0.4) is 0 Å². The Morgan fingerprint density at radius 3 is 2.72 bits per heavy atom. The molecule has 0 bridgehead atoms. The zero-order valence-corrected chi connectivity index (χ0v) is 10.9. The Labute approximate surface area is 110 Å². The van der Waals surface area contributed by atoms with Crippen molar-refractivity contribution >= 4 is 17.4 Å². The van der Waals surface area contributed by atoms with E-state index in [2.05, 4.69) is 4.98 Å². The zero-order chi connectivity index (χ0) is 13.1. The largest absolute Gasteiger partial charge is 0.496 e. The molecule has 0 saturated heterocycles. The maximum atomic E-state index is 12.3. The number of pyridine rings is 1. The van der Waals surface area contributed by atoms with Crippen LogP contribution < -0.4 is 4.74 Å². The number of ether oxygens (including phenoxy) is 1. The summed E-state index contributed by atoms with van der Waals surface area (Å²) in [5.41, 5.74) is 1.79. The lowest BCUT2D eigenvalue weighted by molar-refractivity contribution is 0.103. The summed E-state index contributed by atoms with van der Waals surface area (Å²) in [5, 5.41) is 0.492. The van der Waals surface area contributed by atoms with Gasteiger partial charge in [-0.1, -0.05) is 11.6 Å². The Bertz CT molecular complexity index is 596. The molecule has 1 aromatic heterocycles. The van der Waals surface area contributed by atoms with Gasteiger partial charge in [-0.15, -0.1) is 0 Å². The number of nitrogens with zero attached hydrogens (tertiary/aromatic N) is 1. The van der Waals surface area contributed by atoms with Crippen molar-refractivity contribution in [1.29, 1.82) is 0 Å². The third kappa shape index (κ3) is 2.51. The van der Waals surface area contributed by atoms with Gasteiger partial charge in [-0.25, -0.2) is 0 Å². The first-order chi connectivity index (χ1) is 8.61. The molecule has 1 heterocycles. The highest BCUT2D eigenvalue weighted by Gasteiger charge is 2.16. The lowest BCUT2D eigenvalue weighted by atomic mass is 10.1. The fraction of sp³-hybridized carbons (Fsp3) is 0.143. The van der Waals surface area contributed by atoms with Crippen LogP contribution in [0.4, 0.5) is 0 Å². The monoisotopic (exact) mass is 261 g/mol. The first-order valence-electron chi connectivity index (χ1n) is 5.42. The standard InChI is InChI=1S/C14H12ClNO2/c1-9-5-6-16-12(7-9)14(17)11-8-10(15)3-4-13(11)18-2/h3-8H,1-2H3. The van der Waals surface area contributed by atoms with E-state index in [4.69, 9.17) is 16.3 Å². The highest BCUT2D eigenvalue weighted by atomic mass is 35.5. The van der Waals surface area contributed by atoms with Crippen LogP contribution in [-0.4, -0.2) is 17.9 Å². The number of aromatic nitrogens is 1. The van der Waals surface area contributed by atoms with Crippen LogP contribution in [-0.2, 0) is 0 Å². The third-order valence-electron chi connectivity index (χ3n) is 2.55. The minimum Gasteiger partial charge on any atom is -0.496 e. The van der Waals surface area contributed by atoms with Gasteiger partial charge >= 0.3 is 0 Å². The molecule has 0 aliphatic rings. The summed E-state index contributed by atoms with van der Waals surface area (Å²) in [4.78, 5) is 16.4. The van der Waals surface area contributed by atoms with Gasteiger partial charge in [-0.3, -0.25) is 9.78 Å². The van der Waals surface area contributed by atoms with Crippen molar-refractivity contribution in [3.8, 4) is 5.75 Å². The maximum absolute atomic E-state index is 12.3. The number of ketones is 1. The number of methoxy groups -OCH3 is 1. The number of halogens is 1. The molecule has 0 aliphatic heterocycles. The van der Waals surface area contributed by atoms with E-state index in [0.29, 0.717) is 22.0 Å². The van der Waals surface area contributed by atoms with E-state index in [1.165, 1.54) is 7.11 Å². The molecule has 0 N–H and O–H groups in total. The molecule has 1 aromatic carbocycles. The smallest absolute Gasteiger partial charge is 0.215 e. The number of hydrogen-bond donors (Lipinski definition) is 0. The molecular weight excluding hydrogens is 250 g/mol. The number of carbonyl (C=O) groups is 1. The van der Waals surface area contributed by atoms with Gasteiger partial charge in [0.1, 0.15) is 11.4 Å². The molecule has 2 aromatic rings. The summed E-state index contributed by atoms with van der Waals surface area (Å²) in [7, 11) is 1.52. The molecule has 92 valence electrons. The van der Waals surface area contributed by atoms with E-state index in [1.54, 1.807) is 30.5 Å². The highest BCUT2D eigenvalue weighted by molar-refractivity contribution is 6.31. The molecule has 0 unspecified atom stereocenters. The third-order valence-corrected chi connectivity index (χ3v) is 2.79. The highest BCUT2D eigenvalue weighted by Crippen LogP contribution is 2.24. The number of aryl methyl sites for hydroxylation is 1. The van der Waals surface area contributed by atoms with E-state index >= 15 is 0 Å². The first kappa shape index (κ1) is 12.6. The average molecular weight is 262 g/mol. The fourth-order valence-corrected chi connectivity index (χ4v) is 1.83. The van der Waals surface area contributed by atoms with E-state index in [9.17, 15) is 4.79 Å². The van der Waals surface area contributed by atoms with Gasteiger partial charge in [0.05, 0.1) is 12.7 Å². The number of hydrogen-bond acceptors (Lipinski definition) is 3. The van der Waals surface area contributed by atoms with Crippen LogP contribution in [0, 0.1) is 6.92 Å². The van der Waals surface area contributed by atoms with Crippen LogP contribution in [0.25, 0.3) is 0 Å². The van der Waals surface area contributed by atoms with Gasteiger partial charge in [0, 0.05) is 11.2 Å². The van der Waals surface area contributed by atoms with Gasteiger partial charge in [-0.2, -0.15) is 0 Å². The van der Waals surface area contributed by atoms with Crippen molar-refractivity contribution in [1.82, 2.24) is 4.98 Å². The van der Waals surface area contributed by atoms with Crippen LogP contribution in [0.5, 0.6) is 5.75 Å². The van der Waals surface area contributed by atoms with Crippen molar-refractivity contribution < 1.29 is 9.53 Å². The van der Waals surface area contributed by atoms with Gasteiger partial charge in [0.15, 0.2) is 0 Å². The number of carbonyl (C=O) groups excluding carboxylic acids is 1. The molecule has 0 atom stereocenters. The van der Waals surface area contributed by atoms with E-state index < -0.39 is 0 Å². The van der Waals surface area contributed by atoms with Crippen molar-refractivity contribution in [2.75, 3.05) is 7.11 Å². The molecule has 0 aliphatic carbocycles. The lowest BCUT2D eigenvalue weighted by Gasteiger charge is -2.07. The molecule has 0 saturated carbocycles. The summed E-state index contributed by atoms with van der Waals surface area (Å²) in [6.07, 6.45) is 1.61. The maximum Gasteiger partial charge on any atom is 0.215 e. The second kappa shape index (κ2) is 5.19. The summed E-state index contributed by atoms with van der Waals surface area (Å²) in [6, 6.07) is 8.52. The van der Waals surface area contributed by atoms with Crippen molar-refractivity contribution in [3.63, 3.8) is 0 Å². The quantitative estimate of drug-likeness (QED) is 0.796. The van der Waals surface area contributed by atoms with Gasteiger partial charge in [0.25, 0.3) is 0 Å². The van der Waals surface area contributed by atoms with Crippen LogP contribution >= 0.6 is 11.6 Å². The number of rotatable bonds is 3. The Kier molecular flexibility index (Phi) is 3.63. The topological polar surface area (TPSA) is 39.2 Å². The Balaban J connectivity index is 2.48. The summed E-state index contributed by atoms with van der Waals surface area (Å²) < 4.78 is 5.17. The normalized spacial score (nSPS) is 10.2. The Hall–Kier alpha value is -1.87. The fourth-order valence-electron chi connectivity index (χ4n) is 1.66. The van der Waals surface area contributed by atoms with Gasteiger partial charge in [-0.05, 0) is 42.8 Å². The molecule has 0 fully saturated rings.